The third kappa shape index (κ3) is 4.00. The average molecular weight is 349 g/mol. The third-order valence-corrected chi connectivity index (χ3v) is 3.38. The zero-order valence-corrected chi connectivity index (χ0v) is 13.4. The minimum atomic E-state index is -0.947. The van der Waals surface area contributed by atoms with Gasteiger partial charge in [-0.3, -0.25) is 19.1 Å². The van der Waals surface area contributed by atoms with E-state index >= 15 is 0 Å². The minimum absolute atomic E-state index is 0.0482. The lowest BCUT2D eigenvalue weighted by molar-refractivity contribution is 0.0474. The number of H-pyrrole nitrogens is 1. The van der Waals surface area contributed by atoms with Gasteiger partial charge in [-0.1, -0.05) is 6.92 Å². The van der Waals surface area contributed by atoms with Crippen LogP contribution in [0.15, 0.2) is 33.9 Å². The molecule has 0 aliphatic carbocycles. The Labute approximate surface area is 141 Å². The number of benzene rings is 1. The van der Waals surface area contributed by atoms with E-state index in [1.807, 2.05) is 4.98 Å². The number of rotatable bonds is 6. The summed E-state index contributed by atoms with van der Waals surface area (Å²) < 4.78 is 18.7. The van der Waals surface area contributed by atoms with Gasteiger partial charge in [0, 0.05) is 6.54 Å². The number of nitrogen functional groups attached to an aromatic ring is 1. The Morgan fingerprint density at radius 1 is 1.24 bits per heavy atom. The molecule has 0 atom stereocenters. The van der Waals surface area contributed by atoms with Crippen molar-refractivity contribution in [1.29, 1.82) is 0 Å². The summed E-state index contributed by atoms with van der Waals surface area (Å²) in [6.07, 6.45) is 0.559. The monoisotopic (exact) mass is 349 g/mol. The number of halogens is 1. The van der Waals surface area contributed by atoms with E-state index in [0.717, 1.165) is 16.7 Å². The number of nitrogens with zero attached hydrogens (tertiary/aromatic N) is 1. The Balaban J connectivity index is 2.19. The summed E-state index contributed by atoms with van der Waals surface area (Å²) >= 11 is 0. The van der Waals surface area contributed by atoms with Crippen LogP contribution in [0.4, 0.5) is 10.2 Å². The Kier molecular flexibility index (Phi) is 5.48. The number of carbonyl (C=O) groups excluding carboxylic acids is 2. The largest absolute Gasteiger partial charge is 0.454 e. The summed E-state index contributed by atoms with van der Waals surface area (Å²) in [5.74, 6) is -2.51. The van der Waals surface area contributed by atoms with Gasteiger partial charge in [-0.2, -0.15) is 0 Å². The number of anilines is 1. The second-order valence-corrected chi connectivity index (χ2v) is 5.18. The molecular weight excluding hydrogens is 333 g/mol. The molecule has 2 rings (SSSR count). The topological polar surface area (TPSA) is 124 Å². The molecule has 0 saturated carbocycles. The number of hydrogen-bond donors (Lipinski definition) is 2. The molecule has 0 spiro atoms. The van der Waals surface area contributed by atoms with Crippen molar-refractivity contribution in [3.8, 4) is 0 Å². The number of ether oxygens (including phenoxy) is 1. The molecule has 1 aromatic heterocycles. The van der Waals surface area contributed by atoms with Crippen LogP contribution in [-0.4, -0.2) is 27.9 Å². The number of carbonyl (C=O) groups is 2. The lowest BCUT2D eigenvalue weighted by atomic mass is 10.2. The predicted molar refractivity (Wildman–Crippen MR) is 87.0 cm³/mol. The highest BCUT2D eigenvalue weighted by molar-refractivity contribution is 6.02. The first kappa shape index (κ1) is 18.1. The zero-order chi connectivity index (χ0) is 18.6. The molecule has 2 aromatic rings. The van der Waals surface area contributed by atoms with Crippen LogP contribution in [0.5, 0.6) is 0 Å². The smallest absolute Gasteiger partial charge is 0.338 e. The molecule has 0 radical (unpaired) electrons. The van der Waals surface area contributed by atoms with Gasteiger partial charge in [0.25, 0.3) is 5.56 Å². The molecule has 1 heterocycles. The molecule has 0 unspecified atom stereocenters. The number of nitrogens with one attached hydrogen (secondary N) is 1. The lowest BCUT2D eigenvalue weighted by Crippen LogP contribution is -2.37. The van der Waals surface area contributed by atoms with E-state index in [4.69, 9.17) is 10.5 Å². The fourth-order valence-electron chi connectivity index (χ4n) is 2.18. The van der Waals surface area contributed by atoms with Crippen LogP contribution in [0.1, 0.15) is 34.1 Å². The van der Waals surface area contributed by atoms with Crippen molar-refractivity contribution in [2.75, 3.05) is 12.3 Å². The second kappa shape index (κ2) is 7.56. The molecule has 0 fully saturated rings. The minimum Gasteiger partial charge on any atom is -0.454 e. The maximum atomic E-state index is 12.8. The molecule has 8 nitrogen and oxygen atoms in total. The first-order valence-corrected chi connectivity index (χ1v) is 7.43. The van der Waals surface area contributed by atoms with Crippen LogP contribution in [0.3, 0.4) is 0 Å². The van der Waals surface area contributed by atoms with E-state index in [2.05, 4.69) is 0 Å². The van der Waals surface area contributed by atoms with Gasteiger partial charge in [0.15, 0.2) is 6.61 Å². The zero-order valence-electron chi connectivity index (χ0n) is 13.4. The fourth-order valence-corrected chi connectivity index (χ4v) is 2.18. The Morgan fingerprint density at radius 3 is 2.48 bits per heavy atom. The van der Waals surface area contributed by atoms with Gasteiger partial charge in [0.05, 0.1) is 5.56 Å². The predicted octanol–water partition coefficient (Wildman–Crippen LogP) is 0.708. The molecule has 0 saturated heterocycles. The highest BCUT2D eigenvalue weighted by Gasteiger charge is 2.20. The normalized spacial score (nSPS) is 10.5. The van der Waals surface area contributed by atoms with Crippen molar-refractivity contribution in [2.24, 2.45) is 0 Å². The standard InChI is InChI=1S/C16H16FN3O5/c1-2-7-20-13(18)12(14(22)19-16(20)24)11(21)8-25-15(23)9-3-5-10(17)6-4-9/h3-6H,2,7-8,18H2,1H3,(H,19,22,24). The first-order chi connectivity index (χ1) is 11.8. The molecule has 132 valence electrons. The summed E-state index contributed by atoms with van der Waals surface area (Å²) in [4.78, 5) is 49.6. The highest BCUT2D eigenvalue weighted by atomic mass is 19.1. The summed E-state index contributed by atoms with van der Waals surface area (Å²) in [6.45, 7) is 1.27. The van der Waals surface area contributed by atoms with Crippen LogP contribution in [0.25, 0.3) is 0 Å². The highest BCUT2D eigenvalue weighted by Crippen LogP contribution is 2.08. The fraction of sp³-hybridized carbons (Fsp3) is 0.250. The van der Waals surface area contributed by atoms with Crippen molar-refractivity contribution in [3.05, 3.63) is 62.0 Å². The van der Waals surface area contributed by atoms with Crippen LogP contribution in [-0.2, 0) is 11.3 Å². The van der Waals surface area contributed by atoms with Crippen molar-refractivity contribution < 1.29 is 18.7 Å². The molecule has 3 N–H and O–H groups in total. The Hall–Kier alpha value is -3.23. The molecule has 0 bridgehead atoms. The van der Waals surface area contributed by atoms with Crippen molar-refractivity contribution in [3.63, 3.8) is 0 Å². The lowest BCUT2D eigenvalue weighted by Gasteiger charge is -2.11. The van der Waals surface area contributed by atoms with Crippen LogP contribution >= 0.6 is 0 Å². The average Bonchev–Trinajstić information content (AvgIpc) is 2.57. The summed E-state index contributed by atoms with van der Waals surface area (Å²) in [5, 5.41) is 0. The molecule has 1 aromatic carbocycles. The first-order valence-electron chi connectivity index (χ1n) is 7.43. The number of ketones is 1. The quantitative estimate of drug-likeness (QED) is 0.584. The van der Waals surface area contributed by atoms with E-state index in [1.54, 1.807) is 6.92 Å². The second-order valence-electron chi connectivity index (χ2n) is 5.18. The van der Waals surface area contributed by atoms with E-state index in [9.17, 15) is 23.6 Å². The Morgan fingerprint density at radius 2 is 1.88 bits per heavy atom. The van der Waals surface area contributed by atoms with Crippen LogP contribution in [0, 0.1) is 5.82 Å². The maximum Gasteiger partial charge on any atom is 0.338 e. The Bertz CT molecular complexity index is 915. The van der Waals surface area contributed by atoms with Gasteiger partial charge in [-0.05, 0) is 30.7 Å². The molecular formula is C16H16FN3O5. The molecule has 0 aliphatic heterocycles. The van der Waals surface area contributed by atoms with Gasteiger partial charge in [0.2, 0.25) is 5.78 Å². The number of aromatic nitrogens is 2. The number of hydrogen-bond acceptors (Lipinski definition) is 6. The van der Waals surface area contributed by atoms with Gasteiger partial charge < -0.3 is 10.5 Å². The molecule has 0 aliphatic rings. The number of nitrogens with two attached hydrogens (primary N) is 1. The van der Waals surface area contributed by atoms with Gasteiger partial charge in [-0.25, -0.2) is 14.0 Å². The van der Waals surface area contributed by atoms with Crippen LogP contribution in [0.2, 0.25) is 0 Å². The van der Waals surface area contributed by atoms with Gasteiger partial charge in [0.1, 0.15) is 17.2 Å². The number of esters is 1. The summed E-state index contributed by atoms with van der Waals surface area (Å²) in [7, 11) is 0. The third-order valence-electron chi connectivity index (χ3n) is 3.38. The number of Topliss-reactive ketones (excluding diaryl/α,β-unsaturated/α-hetero) is 1. The van der Waals surface area contributed by atoms with Gasteiger partial charge >= 0.3 is 11.7 Å². The van der Waals surface area contributed by atoms with E-state index < -0.39 is 41.0 Å². The van der Waals surface area contributed by atoms with E-state index in [0.29, 0.717) is 6.42 Å². The van der Waals surface area contributed by atoms with Crippen molar-refractivity contribution >= 4 is 17.6 Å². The van der Waals surface area contributed by atoms with E-state index in [-0.39, 0.29) is 17.9 Å². The molecule has 0 amide bonds. The van der Waals surface area contributed by atoms with Gasteiger partial charge in [-0.15, -0.1) is 0 Å². The maximum absolute atomic E-state index is 12.8. The molecule has 25 heavy (non-hydrogen) atoms. The van der Waals surface area contributed by atoms with Crippen molar-refractivity contribution in [2.45, 2.75) is 19.9 Å². The SMILES string of the molecule is CCCn1c(N)c(C(=O)COC(=O)c2ccc(F)cc2)c(=O)[nH]c1=O. The number of aromatic amines is 1. The molecule has 9 heteroatoms. The summed E-state index contributed by atoms with van der Waals surface area (Å²) in [5.41, 5.74) is 3.68. The van der Waals surface area contributed by atoms with E-state index in [1.165, 1.54) is 12.1 Å². The van der Waals surface area contributed by atoms with Crippen LogP contribution < -0.4 is 17.0 Å². The summed E-state index contributed by atoms with van der Waals surface area (Å²) in [6, 6.07) is 4.54. The van der Waals surface area contributed by atoms with Crippen molar-refractivity contribution in [1.82, 2.24) is 9.55 Å².